The van der Waals surface area contributed by atoms with Gasteiger partial charge in [0.05, 0.1) is 16.0 Å². The highest BCUT2D eigenvalue weighted by Gasteiger charge is 2.27. The number of nitrogens with zero attached hydrogens (tertiary/aromatic N) is 5. The van der Waals surface area contributed by atoms with Crippen LogP contribution in [0.25, 0.3) is 5.82 Å². The van der Waals surface area contributed by atoms with E-state index in [1.54, 1.807) is 29.1 Å². The zero-order valence-corrected chi connectivity index (χ0v) is 16.4. The minimum absolute atomic E-state index is 0.0378. The lowest BCUT2D eigenvalue weighted by atomic mass is 9.97. The van der Waals surface area contributed by atoms with Crippen molar-refractivity contribution in [2.45, 2.75) is 12.8 Å². The summed E-state index contributed by atoms with van der Waals surface area (Å²) in [5.74, 6) is 1.22. The van der Waals surface area contributed by atoms with Crippen LogP contribution >= 0.6 is 23.2 Å². The Balaban J connectivity index is 1.42. The summed E-state index contributed by atoms with van der Waals surface area (Å²) in [6, 6.07) is 10.7. The Kier molecular flexibility index (Phi) is 5.45. The molecule has 0 saturated carbocycles. The number of hydrogen-bond acceptors (Lipinski definition) is 5. The van der Waals surface area contributed by atoms with E-state index in [0.29, 0.717) is 28.1 Å². The van der Waals surface area contributed by atoms with E-state index >= 15 is 0 Å². The van der Waals surface area contributed by atoms with E-state index in [9.17, 15) is 4.79 Å². The minimum Gasteiger partial charge on any atom is -0.354 e. The largest absolute Gasteiger partial charge is 0.354 e. The van der Waals surface area contributed by atoms with Crippen LogP contribution in [0.2, 0.25) is 10.0 Å². The van der Waals surface area contributed by atoms with Crippen molar-refractivity contribution in [3.8, 4) is 5.82 Å². The van der Waals surface area contributed by atoms with E-state index < -0.39 is 0 Å². The molecule has 0 radical (unpaired) electrons. The molecule has 1 aliphatic rings. The summed E-state index contributed by atoms with van der Waals surface area (Å²) in [4.78, 5) is 14.8. The maximum Gasteiger partial charge on any atom is 0.229 e. The summed E-state index contributed by atoms with van der Waals surface area (Å²) in [5.41, 5.74) is 0.639. The first-order valence-corrected chi connectivity index (χ1v) is 9.70. The normalized spacial score (nSPS) is 16.8. The zero-order valence-electron chi connectivity index (χ0n) is 14.9. The molecule has 1 fully saturated rings. The molecule has 0 bridgehead atoms. The predicted octanol–water partition coefficient (Wildman–Crippen LogP) is 3.82. The van der Waals surface area contributed by atoms with E-state index in [-0.39, 0.29) is 11.8 Å². The van der Waals surface area contributed by atoms with Gasteiger partial charge in [-0.15, -0.1) is 10.2 Å². The second kappa shape index (κ2) is 8.16. The molecule has 1 saturated heterocycles. The van der Waals surface area contributed by atoms with Gasteiger partial charge in [-0.05, 0) is 49.2 Å². The molecule has 1 aromatic carbocycles. The number of carbonyl (C=O) groups is 1. The van der Waals surface area contributed by atoms with Gasteiger partial charge >= 0.3 is 0 Å². The van der Waals surface area contributed by atoms with Gasteiger partial charge in [-0.3, -0.25) is 4.79 Å². The Hall–Kier alpha value is -2.64. The van der Waals surface area contributed by atoms with Crippen molar-refractivity contribution in [1.82, 2.24) is 20.0 Å². The molecule has 1 atom stereocenters. The van der Waals surface area contributed by atoms with Gasteiger partial charge in [0.2, 0.25) is 5.91 Å². The lowest BCUT2D eigenvalue weighted by Gasteiger charge is -2.32. The standard InChI is InChI=1S/C19H18Cl2N6O/c20-15-5-4-14(11-16(15)21)23-19(28)13-3-1-9-26(12-13)17-6-7-18(25-24-17)27-10-2-8-22-27/h2,4-8,10-11,13H,1,3,9,12H2,(H,23,28). The van der Waals surface area contributed by atoms with Gasteiger partial charge in [-0.1, -0.05) is 23.2 Å². The molecule has 3 heterocycles. The fourth-order valence-electron chi connectivity index (χ4n) is 3.23. The molecule has 7 nitrogen and oxygen atoms in total. The first-order chi connectivity index (χ1) is 13.6. The van der Waals surface area contributed by atoms with E-state index in [4.69, 9.17) is 23.2 Å². The van der Waals surface area contributed by atoms with E-state index in [1.165, 1.54) is 0 Å². The van der Waals surface area contributed by atoms with Crippen molar-refractivity contribution in [3.05, 3.63) is 58.8 Å². The number of anilines is 2. The summed E-state index contributed by atoms with van der Waals surface area (Å²) in [6.07, 6.45) is 5.23. The van der Waals surface area contributed by atoms with Crippen molar-refractivity contribution >= 4 is 40.6 Å². The highest BCUT2D eigenvalue weighted by atomic mass is 35.5. The summed E-state index contributed by atoms with van der Waals surface area (Å²) >= 11 is 12.0. The van der Waals surface area contributed by atoms with Crippen LogP contribution in [0.15, 0.2) is 48.8 Å². The molecule has 2 aromatic heterocycles. The quantitative estimate of drug-likeness (QED) is 0.699. The Bertz CT molecular complexity index is 961. The lowest BCUT2D eigenvalue weighted by molar-refractivity contribution is -0.120. The van der Waals surface area contributed by atoms with Gasteiger partial charge in [0, 0.05) is 31.2 Å². The zero-order chi connectivity index (χ0) is 19.5. The van der Waals surface area contributed by atoms with E-state index in [1.807, 2.05) is 24.4 Å². The third kappa shape index (κ3) is 4.10. The fraction of sp³-hybridized carbons (Fsp3) is 0.263. The third-order valence-electron chi connectivity index (χ3n) is 4.68. The Labute approximate surface area is 172 Å². The number of amides is 1. The molecule has 144 valence electrons. The van der Waals surface area contributed by atoms with Gasteiger partial charge < -0.3 is 10.2 Å². The number of piperidine rings is 1. The van der Waals surface area contributed by atoms with Crippen LogP contribution in [-0.2, 0) is 4.79 Å². The van der Waals surface area contributed by atoms with Crippen molar-refractivity contribution < 1.29 is 4.79 Å². The molecular weight excluding hydrogens is 399 g/mol. The summed E-state index contributed by atoms with van der Waals surface area (Å²) in [7, 11) is 0. The molecule has 1 amide bonds. The number of rotatable bonds is 4. The summed E-state index contributed by atoms with van der Waals surface area (Å²) < 4.78 is 1.65. The Morgan fingerprint density at radius 1 is 1.11 bits per heavy atom. The molecular formula is C19H18Cl2N6O. The molecule has 4 rings (SSSR count). The van der Waals surface area contributed by atoms with Crippen LogP contribution in [0, 0.1) is 5.92 Å². The molecule has 1 aliphatic heterocycles. The third-order valence-corrected chi connectivity index (χ3v) is 5.42. The molecule has 0 spiro atoms. The fourth-order valence-corrected chi connectivity index (χ4v) is 3.53. The first kappa shape index (κ1) is 18.7. The predicted molar refractivity (Wildman–Crippen MR) is 109 cm³/mol. The molecule has 9 heteroatoms. The second-order valence-electron chi connectivity index (χ2n) is 6.60. The van der Waals surface area contributed by atoms with Crippen LogP contribution in [-0.4, -0.2) is 39.0 Å². The van der Waals surface area contributed by atoms with Gasteiger partial charge in [0.1, 0.15) is 0 Å². The number of halogens is 2. The smallest absolute Gasteiger partial charge is 0.229 e. The van der Waals surface area contributed by atoms with Crippen LogP contribution in [0.4, 0.5) is 11.5 Å². The second-order valence-corrected chi connectivity index (χ2v) is 7.42. The minimum atomic E-state index is -0.143. The van der Waals surface area contributed by atoms with Gasteiger partial charge in [-0.25, -0.2) is 4.68 Å². The van der Waals surface area contributed by atoms with Crippen molar-refractivity contribution in [2.24, 2.45) is 5.92 Å². The molecule has 3 aromatic rings. The Morgan fingerprint density at radius 2 is 1.93 bits per heavy atom. The number of carbonyl (C=O) groups excluding carboxylic acids is 1. The number of hydrogen-bond donors (Lipinski definition) is 1. The number of nitrogens with one attached hydrogen (secondary N) is 1. The van der Waals surface area contributed by atoms with Crippen LogP contribution in [0.1, 0.15) is 12.8 Å². The highest BCUT2D eigenvalue weighted by molar-refractivity contribution is 6.42. The lowest BCUT2D eigenvalue weighted by Crippen LogP contribution is -2.41. The number of aromatic nitrogens is 4. The van der Waals surface area contributed by atoms with Crippen molar-refractivity contribution in [3.63, 3.8) is 0 Å². The molecule has 28 heavy (non-hydrogen) atoms. The average Bonchev–Trinajstić information content (AvgIpc) is 3.26. The van der Waals surface area contributed by atoms with Crippen LogP contribution in [0.5, 0.6) is 0 Å². The topological polar surface area (TPSA) is 75.9 Å². The van der Waals surface area contributed by atoms with Gasteiger partial charge in [-0.2, -0.15) is 5.10 Å². The van der Waals surface area contributed by atoms with Crippen molar-refractivity contribution in [2.75, 3.05) is 23.3 Å². The van der Waals surface area contributed by atoms with Crippen LogP contribution < -0.4 is 10.2 Å². The molecule has 1 unspecified atom stereocenters. The van der Waals surface area contributed by atoms with E-state index in [2.05, 4.69) is 25.5 Å². The maximum absolute atomic E-state index is 12.7. The summed E-state index contributed by atoms with van der Waals surface area (Å²) in [6.45, 7) is 1.43. The summed E-state index contributed by atoms with van der Waals surface area (Å²) in [5, 5.41) is 16.5. The monoisotopic (exact) mass is 416 g/mol. The van der Waals surface area contributed by atoms with Crippen LogP contribution in [0.3, 0.4) is 0 Å². The van der Waals surface area contributed by atoms with E-state index in [0.717, 1.165) is 25.2 Å². The Morgan fingerprint density at radius 3 is 2.64 bits per heavy atom. The number of benzene rings is 1. The van der Waals surface area contributed by atoms with Gasteiger partial charge in [0.25, 0.3) is 0 Å². The van der Waals surface area contributed by atoms with Crippen molar-refractivity contribution in [1.29, 1.82) is 0 Å². The van der Waals surface area contributed by atoms with Gasteiger partial charge in [0.15, 0.2) is 11.6 Å². The molecule has 0 aliphatic carbocycles. The average molecular weight is 417 g/mol. The highest BCUT2D eigenvalue weighted by Crippen LogP contribution is 2.27. The molecule has 1 N–H and O–H groups in total. The SMILES string of the molecule is O=C(Nc1ccc(Cl)c(Cl)c1)C1CCCN(c2ccc(-n3cccn3)nn2)C1. The maximum atomic E-state index is 12.7. The first-order valence-electron chi connectivity index (χ1n) is 8.95.